The number of hydrogen-bond acceptors (Lipinski definition) is 7. The van der Waals surface area contributed by atoms with E-state index in [2.05, 4.69) is 20.5 Å². The quantitative estimate of drug-likeness (QED) is 0.857. The topological polar surface area (TPSA) is 116 Å². The van der Waals surface area contributed by atoms with Crippen LogP contribution in [0.25, 0.3) is 0 Å². The fourth-order valence-electron chi connectivity index (χ4n) is 2.93. The van der Waals surface area contributed by atoms with Crippen LogP contribution in [0.4, 0.5) is 0 Å². The van der Waals surface area contributed by atoms with Gasteiger partial charge in [-0.15, -0.1) is 5.10 Å². The average molecular weight is 333 g/mol. The minimum Gasteiger partial charge on any atom is -0.340 e. The zero-order valence-corrected chi connectivity index (χ0v) is 14.1. The summed E-state index contributed by atoms with van der Waals surface area (Å²) in [5.74, 6) is 0.956. The van der Waals surface area contributed by atoms with Crippen molar-refractivity contribution in [2.24, 2.45) is 5.73 Å². The number of nitrogens with zero attached hydrogens (tertiary/aromatic N) is 6. The zero-order valence-electron chi connectivity index (χ0n) is 14.1. The van der Waals surface area contributed by atoms with E-state index in [0.29, 0.717) is 30.4 Å². The molecule has 1 amide bonds. The Balaban J connectivity index is 1.56. The normalized spacial score (nSPS) is 21.0. The second-order valence-corrected chi connectivity index (χ2v) is 6.36. The lowest BCUT2D eigenvalue weighted by Gasteiger charge is -2.25. The maximum Gasteiger partial charge on any atom is 0.275 e. The molecule has 0 aliphatic heterocycles. The van der Waals surface area contributed by atoms with Gasteiger partial charge >= 0.3 is 0 Å². The number of nitrogens with two attached hydrogens (primary N) is 1. The minimum atomic E-state index is -0.158. The highest BCUT2D eigenvalue weighted by molar-refractivity contribution is 5.91. The van der Waals surface area contributed by atoms with Gasteiger partial charge in [0.2, 0.25) is 5.89 Å². The smallest absolute Gasteiger partial charge is 0.275 e. The molecular weight excluding hydrogens is 310 g/mol. The highest BCUT2D eigenvalue weighted by atomic mass is 16.5. The van der Waals surface area contributed by atoms with Gasteiger partial charge in [-0.25, -0.2) is 4.68 Å². The summed E-state index contributed by atoms with van der Waals surface area (Å²) in [6.07, 6.45) is 6.19. The second kappa shape index (κ2) is 7.08. The SMILES string of the molecule is Cc1nc(CCN(C)C(=O)c2cn(C3CCC(N)CC3)nn2)no1. The Morgan fingerprint density at radius 2 is 2.17 bits per heavy atom. The number of carbonyl (C=O) groups excluding carboxylic acids is 1. The first-order chi connectivity index (χ1) is 11.5. The van der Waals surface area contributed by atoms with Crippen molar-refractivity contribution in [3.8, 4) is 0 Å². The molecule has 24 heavy (non-hydrogen) atoms. The monoisotopic (exact) mass is 333 g/mol. The van der Waals surface area contributed by atoms with Gasteiger partial charge in [0.1, 0.15) is 0 Å². The van der Waals surface area contributed by atoms with Crippen molar-refractivity contribution in [1.29, 1.82) is 0 Å². The summed E-state index contributed by atoms with van der Waals surface area (Å²) in [7, 11) is 1.73. The molecule has 2 aromatic rings. The van der Waals surface area contributed by atoms with Gasteiger partial charge in [0.15, 0.2) is 11.5 Å². The van der Waals surface area contributed by atoms with Crippen molar-refractivity contribution in [3.05, 3.63) is 23.6 Å². The molecule has 0 saturated heterocycles. The van der Waals surface area contributed by atoms with Crippen LogP contribution in [0.5, 0.6) is 0 Å². The highest BCUT2D eigenvalue weighted by Gasteiger charge is 2.23. The molecule has 2 heterocycles. The molecule has 3 rings (SSSR count). The van der Waals surface area contributed by atoms with Crippen LogP contribution >= 0.6 is 0 Å². The number of likely N-dealkylation sites (N-methyl/N-ethyl adjacent to an activating group) is 1. The molecule has 130 valence electrons. The molecule has 1 aliphatic rings. The lowest BCUT2D eigenvalue weighted by atomic mass is 9.92. The standard InChI is InChI=1S/C15H23N7O2/c1-10-17-14(19-24-10)7-8-21(2)15(23)13-9-22(20-18-13)12-5-3-11(16)4-6-12/h9,11-12H,3-8,16H2,1-2H3. The molecule has 0 spiro atoms. The maximum absolute atomic E-state index is 12.4. The van der Waals surface area contributed by atoms with E-state index in [9.17, 15) is 4.79 Å². The molecule has 0 unspecified atom stereocenters. The number of aryl methyl sites for hydroxylation is 1. The lowest BCUT2D eigenvalue weighted by Crippen LogP contribution is -2.29. The van der Waals surface area contributed by atoms with Gasteiger partial charge in [-0.1, -0.05) is 10.4 Å². The molecule has 1 fully saturated rings. The number of rotatable bonds is 5. The van der Waals surface area contributed by atoms with Crippen LogP contribution < -0.4 is 5.73 Å². The average Bonchev–Trinajstić information content (AvgIpc) is 3.22. The predicted octanol–water partition coefficient (Wildman–Crippen LogP) is 0.727. The number of carbonyl (C=O) groups is 1. The van der Waals surface area contributed by atoms with Crippen molar-refractivity contribution in [1.82, 2.24) is 30.0 Å². The fraction of sp³-hybridized carbons (Fsp3) is 0.667. The second-order valence-electron chi connectivity index (χ2n) is 6.36. The molecule has 0 radical (unpaired) electrons. The predicted molar refractivity (Wildman–Crippen MR) is 85.2 cm³/mol. The Bertz CT molecular complexity index is 688. The van der Waals surface area contributed by atoms with E-state index in [4.69, 9.17) is 10.3 Å². The van der Waals surface area contributed by atoms with Gasteiger partial charge in [0, 0.05) is 33.0 Å². The van der Waals surface area contributed by atoms with Crippen molar-refractivity contribution in [3.63, 3.8) is 0 Å². The van der Waals surface area contributed by atoms with Crippen LogP contribution in [0, 0.1) is 6.92 Å². The van der Waals surface area contributed by atoms with Crippen LogP contribution in [0.3, 0.4) is 0 Å². The van der Waals surface area contributed by atoms with Crippen molar-refractivity contribution in [2.45, 2.75) is 51.1 Å². The van der Waals surface area contributed by atoms with E-state index in [1.807, 2.05) is 0 Å². The summed E-state index contributed by atoms with van der Waals surface area (Å²) in [6, 6.07) is 0.567. The Morgan fingerprint density at radius 3 is 2.83 bits per heavy atom. The van der Waals surface area contributed by atoms with Crippen LogP contribution in [-0.4, -0.2) is 55.6 Å². The van der Waals surface area contributed by atoms with Crippen molar-refractivity contribution < 1.29 is 9.32 Å². The minimum absolute atomic E-state index is 0.158. The first kappa shape index (κ1) is 16.6. The first-order valence-electron chi connectivity index (χ1n) is 8.25. The van der Waals surface area contributed by atoms with Crippen LogP contribution in [-0.2, 0) is 6.42 Å². The molecule has 1 aliphatic carbocycles. The van der Waals surface area contributed by atoms with Gasteiger partial charge in [0.05, 0.1) is 12.2 Å². The zero-order chi connectivity index (χ0) is 17.1. The van der Waals surface area contributed by atoms with Gasteiger partial charge < -0.3 is 15.2 Å². The Labute approximate surface area is 140 Å². The maximum atomic E-state index is 12.4. The molecule has 0 atom stereocenters. The Morgan fingerprint density at radius 1 is 1.42 bits per heavy atom. The third-order valence-electron chi connectivity index (χ3n) is 4.43. The third kappa shape index (κ3) is 3.78. The van der Waals surface area contributed by atoms with Crippen LogP contribution in [0.2, 0.25) is 0 Å². The molecule has 0 aromatic carbocycles. The van der Waals surface area contributed by atoms with Gasteiger partial charge in [-0.3, -0.25) is 4.79 Å². The van der Waals surface area contributed by atoms with E-state index in [0.717, 1.165) is 25.7 Å². The molecule has 2 N–H and O–H groups in total. The van der Waals surface area contributed by atoms with E-state index >= 15 is 0 Å². The molecule has 9 nitrogen and oxygen atoms in total. The van der Waals surface area contributed by atoms with Crippen LogP contribution in [0.1, 0.15) is 53.9 Å². The van der Waals surface area contributed by atoms with Crippen molar-refractivity contribution >= 4 is 5.91 Å². The molecule has 9 heteroatoms. The third-order valence-corrected chi connectivity index (χ3v) is 4.43. The van der Waals surface area contributed by atoms with Gasteiger partial charge in [-0.2, -0.15) is 4.98 Å². The number of aromatic nitrogens is 5. The largest absolute Gasteiger partial charge is 0.340 e. The van der Waals surface area contributed by atoms with E-state index in [1.54, 1.807) is 29.7 Å². The Hall–Kier alpha value is -2.29. The molecule has 2 aromatic heterocycles. The Kier molecular flexibility index (Phi) is 4.89. The fourth-order valence-corrected chi connectivity index (χ4v) is 2.93. The van der Waals surface area contributed by atoms with E-state index < -0.39 is 0 Å². The molecular formula is C15H23N7O2. The van der Waals surface area contributed by atoms with Crippen LogP contribution in [0.15, 0.2) is 10.7 Å². The van der Waals surface area contributed by atoms with E-state index in [-0.39, 0.29) is 18.0 Å². The van der Waals surface area contributed by atoms with Gasteiger partial charge in [-0.05, 0) is 25.7 Å². The molecule has 0 bridgehead atoms. The first-order valence-corrected chi connectivity index (χ1v) is 8.25. The highest BCUT2D eigenvalue weighted by Crippen LogP contribution is 2.26. The summed E-state index contributed by atoms with van der Waals surface area (Å²) in [4.78, 5) is 18.2. The van der Waals surface area contributed by atoms with Gasteiger partial charge in [0.25, 0.3) is 5.91 Å². The summed E-state index contributed by atoms with van der Waals surface area (Å²) < 4.78 is 6.72. The van der Waals surface area contributed by atoms with Crippen molar-refractivity contribution in [2.75, 3.05) is 13.6 Å². The summed E-state index contributed by atoms with van der Waals surface area (Å²) in [5, 5.41) is 12.0. The summed E-state index contributed by atoms with van der Waals surface area (Å²) in [6.45, 7) is 2.23. The molecule has 1 saturated carbocycles. The summed E-state index contributed by atoms with van der Waals surface area (Å²) >= 11 is 0. The number of amides is 1. The summed E-state index contributed by atoms with van der Waals surface area (Å²) in [5.41, 5.74) is 6.29. The number of hydrogen-bond donors (Lipinski definition) is 1. The van der Waals surface area contributed by atoms with E-state index in [1.165, 1.54) is 0 Å². The lowest BCUT2D eigenvalue weighted by molar-refractivity contribution is 0.0790.